The number of nitrogens with zero attached hydrogens (tertiary/aromatic N) is 4. The van der Waals surface area contributed by atoms with Gasteiger partial charge in [-0.3, -0.25) is 14.6 Å². The molecule has 26 heavy (non-hydrogen) atoms. The van der Waals surface area contributed by atoms with Crippen LogP contribution >= 0.6 is 22.7 Å². The van der Waals surface area contributed by atoms with E-state index in [1.807, 2.05) is 4.90 Å². The van der Waals surface area contributed by atoms with E-state index in [9.17, 15) is 4.79 Å². The zero-order chi connectivity index (χ0) is 17.8. The summed E-state index contributed by atoms with van der Waals surface area (Å²) in [7, 11) is 0. The highest BCUT2D eigenvalue weighted by molar-refractivity contribution is 7.14. The van der Waals surface area contributed by atoms with Crippen LogP contribution in [0.1, 0.15) is 5.69 Å². The van der Waals surface area contributed by atoms with Gasteiger partial charge in [0.05, 0.1) is 25.5 Å². The van der Waals surface area contributed by atoms with Gasteiger partial charge >= 0.3 is 0 Å². The molecule has 2 aromatic heterocycles. The SMILES string of the molecule is O=C(CN1CCOCC1)N1CCN(Cc2csc(-c3ccsc3)n2)CC1. The Balaban J connectivity index is 1.24. The first-order chi connectivity index (χ1) is 12.8. The molecule has 0 N–H and O–H groups in total. The maximum absolute atomic E-state index is 12.5. The van der Waals surface area contributed by atoms with Gasteiger partial charge in [-0.2, -0.15) is 11.3 Å². The third kappa shape index (κ3) is 4.50. The normalized spacial score (nSPS) is 19.8. The maximum Gasteiger partial charge on any atom is 0.236 e. The Hall–Kier alpha value is -1.32. The average Bonchev–Trinajstić information content (AvgIpc) is 3.35. The molecule has 0 aromatic carbocycles. The monoisotopic (exact) mass is 392 g/mol. The summed E-state index contributed by atoms with van der Waals surface area (Å²) in [6, 6.07) is 2.12. The second kappa shape index (κ2) is 8.58. The van der Waals surface area contributed by atoms with Crippen molar-refractivity contribution in [2.45, 2.75) is 6.54 Å². The van der Waals surface area contributed by atoms with Crippen LogP contribution in [0, 0.1) is 0 Å². The summed E-state index contributed by atoms with van der Waals surface area (Å²) in [6.45, 7) is 8.05. The van der Waals surface area contributed by atoms with Gasteiger partial charge in [0, 0.05) is 62.1 Å². The van der Waals surface area contributed by atoms with Gasteiger partial charge in [0.15, 0.2) is 0 Å². The highest BCUT2D eigenvalue weighted by atomic mass is 32.1. The first-order valence-electron chi connectivity index (χ1n) is 9.05. The fourth-order valence-corrected chi connectivity index (χ4v) is 4.86. The van der Waals surface area contributed by atoms with Crippen molar-refractivity contribution in [3.8, 4) is 10.6 Å². The molecule has 2 aliphatic heterocycles. The van der Waals surface area contributed by atoms with Crippen LogP contribution in [-0.2, 0) is 16.1 Å². The predicted octanol–water partition coefficient (Wildman–Crippen LogP) is 1.85. The van der Waals surface area contributed by atoms with Gasteiger partial charge in [-0.1, -0.05) is 0 Å². The lowest BCUT2D eigenvalue weighted by Gasteiger charge is -2.36. The van der Waals surface area contributed by atoms with E-state index in [4.69, 9.17) is 9.72 Å². The average molecular weight is 393 g/mol. The summed E-state index contributed by atoms with van der Waals surface area (Å²) < 4.78 is 5.34. The molecule has 2 aromatic rings. The number of hydrogen-bond acceptors (Lipinski definition) is 7. The first-order valence-corrected chi connectivity index (χ1v) is 10.9. The molecule has 0 aliphatic carbocycles. The first kappa shape index (κ1) is 18.1. The lowest BCUT2D eigenvalue weighted by atomic mass is 10.2. The maximum atomic E-state index is 12.5. The molecule has 2 saturated heterocycles. The Morgan fingerprint density at radius 3 is 2.62 bits per heavy atom. The number of amides is 1. The minimum Gasteiger partial charge on any atom is -0.379 e. The van der Waals surface area contributed by atoms with Crippen molar-refractivity contribution < 1.29 is 9.53 Å². The number of carbonyl (C=O) groups excluding carboxylic acids is 1. The Morgan fingerprint density at radius 1 is 1.08 bits per heavy atom. The van der Waals surface area contributed by atoms with E-state index in [0.29, 0.717) is 6.54 Å². The Morgan fingerprint density at radius 2 is 1.88 bits per heavy atom. The minimum atomic E-state index is 0.250. The van der Waals surface area contributed by atoms with Crippen LogP contribution in [0.4, 0.5) is 0 Å². The van der Waals surface area contributed by atoms with Crippen molar-refractivity contribution in [2.75, 3.05) is 59.0 Å². The molecular weight excluding hydrogens is 368 g/mol. The van der Waals surface area contributed by atoms with Gasteiger partial charge in [-0.25, -0.2) is 4.98 Å². The Labute approximate surface area is 162 Å². The van der Waals surface area contributed by atoms with Gasteiger partial charge in [0.1, 0.15) is 5.01 Å². The smallest absolute Gasteiger partial charge is 0.236 e. The molecule has 2 fully saturated rings. The van der Waals surface area contributed by atoms with E-state index in [1.165, 1.54) is 5.56 Å². The topological polar surface area (TPSA) is 48.9 Å². The van der Waals surface area contributed by atoms with E-state index in [-0.39, 0.29) is 5.91 Å². The molecule has 6 nitrogen and oxygen atoms in total. The van der Waals surface area contributed by atoms with E-state index in [2.05, 4.69) is 32.0 Å². The Bertz CT molecular complexity index is 705. The molecule has 0 spiro atoms. The zero-order valence-corrected chi connectivity index (χ0v) is 16.4. The largest absolute Gasteiger partial charge is 0.379 e. The number of rotatable bonds is 5. The highest BCUT2D eigenvalue weighted by Gasteiger charge is 2.24. The van der Waals surface area contributed by atoms with Crippen LogP contribution in [0.5, 0.6) is 0 Å². The van der Waals surface area contributed by atoms with Gasteiger partial charge < -0.3 is 9.64 Å². The van der Waals surface area contributed by atoms with Crippen molar-refractivity contribution in [3.05, 3.63) is 27.9 Å². The third-order valence-electron chi connectivity index (χ3n) is 4.89. The summed E-state index contributed by atoms with van der Waals surface area (Å²) in [5, 5.41) is 7.48. The molecule has 4 heterocycles. The quantitative estimate of drug-likeness (QED) is 0.777. The summed E-state index contributed by atoms with van der Waals surface area (Å²) in [6.07, 6.45) is 0. The number of carbonyl (C=O) groups is 1. The van der Waals surface area contributed by atoms with E-state index in [1.54, 1.807) is 22.7 Å². The lowest BCUT2D eigenvalue weighted by molar-refractivity contribution is -0.135. The van der Waals surface area contributed by atoms with Crippen molar-refractivity contribution in [1.82, 2.24) is 19.7 Å². The van der Waals surface area contributed by atoms with Crippen molar-refractivity contribution in [2.24, 2.45) is 0 Å². The number of piperazine rings is 1. The van der Waals surface area contributed by atoms with E-state index in [0.717, 1.165) is 69.7 Å². The van der Waals surface area contributed by atoms with Gasteiger partial charge in [-0.05, 0) is 11.4 Å². The summed E-state index contributed by atoms with van der Waals surface area (Å²) in [5.41, 5.74) is 2.34. The van der Waals surface area contributed by atoms with Crippen LogP contribution < -0.4 is 0 Å². The minimum absolute atomic E-state index is 0.250. The molecule has 8 heteroatoms. The molecule has 0 atom stereocenters. The van der Waals surface area contributed by atoms with Crippen LogP contribution in [0.3, 0.4) is 0 Å². The molecule has 0 radical (unpaired) electrons. The van der Waals surface area contributed by atoms with Crippen molar-refractivity contribution in [1.29, 1.82) is 0 Å². The molecule has 0 saturated carbocycles. The number of aromatic nitrogens is 1. The number of thiazole rings is 1. The van der Waals surface area contributed by atoms with Gasteiger partial charge in [0.25, 0.3) is 0 Å². The zero-order valence-electron chi connectivity index (χ0n) is 14.8. The standard InChI is InChI=1S/C18H24N4O2S2/c23-17(12-21-6-8-24-9-7-21)22-4-2-20(3-5-22)11-16-14-26-18(19-16)15-1-10-25-13-15/h1,10,13-14H,2-9,11-12H2. The Kier molecular flexibility index (Phi) is 5.96. The van der Waals surface area contributed by atoms with Crippen LogP contribution in [0.2, 0.25) is 0 Å². The molecule has 0 unspecified atom stereocenters. The van der Waals surface area contributed by atoms with Crippen molar-refractivity contribution >= 4 is 28.6 Å². The number of thiophene rings is 1. The second-order valence-electron chi connectivity index (χ2n) is 6.70. The molecule has 140 valence electrons. The molecule has 4 rings (SSSR count). The lowest BCUT2D eigenvalue weighted by Crippen LogP contribution is -2.52. The van der Waals surface area contributed by atoms with Gasteiger partial charge in [0.2, 0.25) is 5.91 Å². The van der Waals surface area contributed by atoms with Crippen molar-refractivity contribution in [3.63, 3.8) is 0 Å². The molecule has 2 aliphatic rings. The highest BCUT2D eigenvalue weighted by Crippen LogP contribution is 2.26. The second-order valence-corrected chi connectivity index (χ2v) is 8.34. The molecular formula is C18H24N4O2S2. The number of hydrogen-bond donors (Lipinski definition) is 0. The van der Waals surface area contributed by atoms with Crippen LogP contribution in [-0.4, -0.2) is 84.6 Å². The summed E-state index contributed by atoms with van der Waals surface area (Å²) in [4.78, 5) is 23.8. The predicted molar refractivity (Wildman–Crippen MR) is 105 cm³/mol. The number of morpholine rings is 1. The van der Waals surface area contributed by atoms with Crippen LogP contribution in [0.25, 0.3) is 10.6 Å². The third-order valence-corrected chi connectivity index (χ3v) is 6.52. The fourth-order valence-electron chi connectivity index (χ4n) is 3.33. The van der Waals surface area contributed by atoms with E-state index < -0.39 is 0 Å². The molecule has 0 bridgehead atoms. The summed E-state index contributed by atoms with van der Waals surface area (Å²) >= 11 is 3.41. The summed E-state index contributed by atoms with van der Waals surface area (Å²) in [5.74, 6) is 0.250. The number of ether oxygens (including phenoxy) is 1. The van der Waals surface area contributed by atoms with E-state index >= 15 is 0 Å². The molecule has 1 amide bonds. The van der Waals surface area contributed by atoms with Gasteiger partial charge in [-0.15, -0.1) is 11.3 Å². The fraction of sp³-hybridized carbons (Fsp3) is 0.556. The van der Waals surface area contributed by atoms with Crippen LogP contribution in [0.15, 0.2) is 22.2 Å².